The third-order valence-corrected chi connectivity index (χ3v) is 6.24. The van der Waals surface area contributed by atoms with E-state index in [0.717, 1.165) is 24.5 Å². The Morgan fingerprint density at radius 2 is 2.07 bits per heavy atom. The van der Waals surface area contributed by atoms with Gasteiger partial charge in [-0.2, -0.15) is 0 Å². The predicted octanol–water partition coefficient (Wildman–Crippen LogP) is 3.30. The second-order valence-corrected chi connectivity index (χ2v) is 9.80. The van der Waals surface area contributed by atoms with Gasteiger partial charge < -0.3 is 15.0 Å². The highest BCUT2D eigenvalue weighted by atomic mass is 32.2. The lowest BCUT2D eigenvalue weighted by atomic mass is 9.70. The highest BCUT2D eigenvalue weighted by Gasteiger charge is 2.51. The summed E-state index contributed by atoms with van der Waals surface area (Å²) in [6, 6.07) is 9.02. The van der Waals surface area contributed by atoms with Gasteiger partial charge in [-0.05, 0) is 56.7 Å². The number of imidazole rings is 1. The number of hydrogen-bond donors (Lipinski definition) is 2. The predicted molar refractivity (Wildman–Crippen MR) is 112 cm³/mol. The van der Waals surface area contributed by atoms with E-state index < -0.39 is 0 Å². The molecule has 6 nitrogen and oxygen atoms in total. The van der Waals surface area contributed by atoms with Crippen LogP contribution in [0.3, 0.4) is 0 Å². The van der Waals surface area contributed by atoms with E-state index in [1.54, 1.807) is 11.9 Å². The molecule has 2 unspecified atom stereocenters. The molecule has 4 rings (SSSR count). The molecule has 1 aromatic heterocycles. The standard InChI is InChI=1S/C20H28N4S.CH2O2/c1-19(2,3)22-20-10-9-15-7-5-6-8-16(15)17(20)11-24(13-20)25-18-12-23(4)14-21-18;2-1-3/h5-8,12,14,17,22H,9-11,13H2,1-4H3;1H,(H,2,3). The summed E-state index contributed by atoms with van der Waals surface area (Å²) in [4.78, 5) is 12.9. The number of aromatic nitrogens is 2. The number of carbonyl (C=O) groups is 1. The number of nitrogens with one attached hydrogen (secondary N) is 1. The van der Waals surface area contributed by atoms with Crippen LogP contribution in [0, 0.1) is 0 Å². The molecule has 0 saturated carbocycles. The van der Waals surface area contributed by atoms with E-state index >= 15 is 0 Å². The van der Waals surface area contributed by atoms with Gasteiger partial charge in [-0.1, -0.05) is 24.3 Å². The van der Waals surface area contributed by atoms with Gasteiger partial charge in [0.2, 0.25) is 0 Å². The zero-order valence-corrected chi connectivity index (χ0v) is 17.9. The lowest BCUT2D eigenvalue weighted by molar-refractivity contribution is -0.122. The second-order valence-electron chi connectivity index (χ2n) is 8.68. The van der Waals surface area contributed by atoms with Crippen molar-refractivity contribution in [3.63, 3.8) is 0 Å². The van der Waals surface area contributed by atoms with E-state index in [4.69, 9.17) is 9.90 Å². The summed E-state index contributed by atoms with van der Waals surface area (Å²) in [6.07, 6.45) is 6.34. The van der Waals surface area contributed by atoms with Gasteiger partial charge in [0.05, 0.1) is 6.33 Å². The summed E-state index contributed by atoms with van der Waals surface area (Å²) in [5, 5.41) is 12.0. The minimum Gasteiger partial charge on any atom is -0.483 e. The quantitative estimate of drug-likeness (QED) is 0.606. The summed E-state index contributed by atoms with van der Waals surface area (Å²) >= 11 is 1.80. The number of hydrogen-bond acceptors (Lipinski definition) is 5. The SMILES string of the molecule is Cn1cnc(SN2CC3c4ccccc4CCC3(NC(C)(C)C)C2)c1.O=CO. The molecule has 0 amide bonds. The van der Waals surface area contributed by atoms with Gasteiger partial charge in [0.25, 0.3) is 6.47 Å². The molecule has 7 heteroatoms. The maximum atomic E-state index is 8.36. The Hall–Kier alpha value is -1.83. The number of fused-ring (bicyclic) bond motifs is 3. The van der Waals surface area contributed by atoms with Crippen LogP contribution in [0.5, 0.6) is 0 Å². The van der Waals surface area contributed by atoms with Crippen LogP contribution in [0.2, 0.25) is 0 Å². The van der Waals surface area contributed by atoms with E-state index in [9.17, 15) is 0 Å². The Morgan fingerprint density at radius 3 is 2.71 bits per heavy atom. The number of benzene rings is 1. The number of nitrogens with zero attached hydrogens (tertiary/aromatic N) is 3. The van der Waals surface area contributed by atoms with Crippen LogP contribution in [0.25, 0.3) is 0 Å². The van der Waals surface area contributed by atoms with E-state index in [1.165, 1.54) is 17.5 Å². The average Bonchev–Trinajstić information content (AvgIpc) is 3.17. The van der Waals surface area contributed by atoms with Gasteiger partial charge in [0.15, 0.2) is 0 Å². The number of rotatable bonds is 3. The molecule has 1 saturated heterocycles. The van der Waals surface area contributed by atoms with Crippen molar-refractivity contribution in [3.8, 4) is 0 Å². The monoisotopic (exact) mass is 402 g/mol. The van der Waals surface area contributed by atoms with Crippen LogP contribution in [-0.2, 0) is 18.3 Å². The first-order valence-electron chi connectivity index (χ1n) is 9.62. The second kappa shape index (κ2) is 8.27. The van der Waals surface area contributed by atoms with Gasteiger partial charge in [0.1, 0.15) is 5.03 Å². The summed E-state index contributed by atoms with van der Waals surface area (Å²) in [7, 11) is 2.03. The zero-order valence-electron chi connectivity index (χ0n) is 17.1. The molecule has 1 aromatic carbocycles. The molecule has 2 atom stereocenters. The lowest BCUT2D eigenvalue weighted by Gasteiger charge is -2.45. The van der Waals surface area contributed by atoms with Crippen molar-refractivity contribution >= 4 is 18.4 Å². The summed E-state index contributed by atoms with van der Waals surface area (Å²) in [5.41, 5.74) is 3.32. The molecule has 2 aliphatic rings. The Labute approximate surface area is 171 Å². The molecule has 152 valence electrons. The highest BCUT2D eigenvalue weighted by molar-refractivity contribution is 7.97. The minimum absolute atomic E-state index is 0.107. The molecule has 28 heavy (non-hydrogen) atoms. The fraction of sp³-hybridized carbons (Fsp3) is 0.524. The third-order valence-electron chi connectivity index (χ3n) is 5.31. The fourth-order valence-electron chi connectivity index (χ4n) is 4.55. The molecule has 2 heterocycles. The Bertz CT molecular complexity index is 817. The summed E-state index contributed by atoms with van der Waals surface area (Å²) < 4.78 is 4.53. The molecule has 0 radical (unpaired) electrons. The van der Waals surface area contributed by atoms with Crippen molar-refractivity contribution in [2.45, 2.75) is 55.6 Å². The van der Waals surface area contributed by atoms with E-state index in [1.807, 2.05) is 17.9 Å². The van der Waals surface area contributed by atoms with Crippen molar-refractivity contribution in [3.05, 3.63) is 47.9 Å². The maximum absolute atomic E-state index is 8.36. The maximum Gasteiger partial charge on any atom is 0.290 e. The lowest BCUT2D eigenvalue weighted by Crippen LogP contribution is -2.59. The minimum atomic E-state index is -0.250. The third kappa shape index (κ3) is 4.59. The fourth-order valence-corrected chi connectivity index (χ4v) is 5.64. The smallest absolute Gasteiger partial charge is 0.290 e. The van der Waals surface area contributed by atoms with E-state index in [-0.39, 0.29) is 17.6 Å². The van der Waals surface area contributed by atoms with E-state index in [2.05, 4.69) is 65.8 Å². The van der Waals surface area contributed by atoms with Gasteiger partial charge in [0, 0.05) is 43.3 Å². The van der Waals surface area contributed by atoms with Crippen molar-refractivity contribution in [2.75, 3.05) is 13.1 Å². The Kier molecular flexibility index (Phi) is 6.17. The first-order valence-corrected chi connectivity index (χ1v) is 10.4. The van der Waals surface area contributed by atoms with Crippen molar-refractivity contribution in [1.82, 2.24) is 19.2 Å². The van der Waals surface area contributed by atoms with Gasteiger partial charge in [-0.25, -0.2) is 9.29 Å². The van der Waals surface area contributed by atoms with Gasteiger partial charge >= 0.3 is 0 Å². The van der Waals surface area contributed by atoms with Gasteiger partial charge in [-0.15, -0.1) is 0 Å². The Balaban J connectivity index is 0.000000706. The van der Waals surface area contributed by atoms with Crippen LogP contribution >= 0.6 is 11.9 Å². The molecule has 1 aliphatic carbocycles. The van der Waals surface area contributed by atoms with Crippen LogP contribution in [-0.4, -0.2) is 49.6 Å². The van der Waals surface area contributed by atoms with Crippen LogP contribution < -0.4 is 5.32 Å². The number of aryl methyl sites for hydroxylation is 2. The molecule has 2 aromatic rings. The van der Waals surface area contributed by atoms with Crippen molar-refractivity contribution in [1.29, 1.82) is 0 Å². The first kappa shape index (κ1) is 20.9. The molecule has 0 spiro atoms. The van der Waals surface area contributed by atoms with E-state index in [0.29, 0.717) is 5.92 Å². The first-order chi connectivity index (χ1) is 13.3. The Morgan fingerprint density at radius 1 is 1.36 bits per heavy atom. The van der Waals surface area contributed by atoms with Gasteiger partial charge in [-0.3, -0.25) is 4.79 Å². The molecule has 0 bridgehead atoms. The topological polar surface area (TPSA) is 70.4 Å². The summed E-state index contributed by atoms with van der Waals surface area (Å²) in [5.74, 6) is 0.535. The van der Waals surface area contributed by atoms with Crippen LogP contribution in [0.15, 0.2) is 41.8 Å². The van der Waals surface area contributed by atoms with Crippen LogP contribution in [0.4, 0.5) is 0 Å². The molecule has 2 N–H and O–H groups in total. The molecular weight excluding hydrogens is 372 g/mol. The largest absolute Gasteiger partial charge is 0.483 e. The average molecular weight is 403 g/mol. The van der Waals surface area contributed by atoms with Crippen molar-refractivity contribution < 1.29 is 9.90 Å². The molecular formula is C21H30N4O2S. The highest BCUT2D eigenvalue weighted by Crippen LogP contribution is 2.47. The molecule has 1 aliphatic heterocycles. The normalized spacial score (nSPS) is 24.1. The molecule has 1 fully saturated rings. The van der Waals surface area contributed by atoms with Crippen molar-refractivity contribution in [2.24, 2.45) is 7.05 Å². The van der Waals surface area contributed by atoms with Crippen LogP contribution in [0.1, 0.15) is 44.2 Å². The summed E-state index contributed by atoms with van der Waals surface area (Å²) in [6.45, 7) is 8.74. The number of carboxylic acid groups (broad SMARTS) is 1. The zero-order chi connectivity index (χ0) is 20.4.